The van der Waals surface area contributed by atoms with Crippen LogP contribution in [0.5, 0.6) is 0 Å². The monoisotopic (exact) mass is 513 g/mol. The number of nitrogens with one attached hydrogen (secondary N) is 1. The summed E-state index contributed by atoms with van der Waals surface area (Å²) in [7, 11) is 0. The molecule has 1 amide bonds. The van der Waals surface area contributed by atoms with E-state index in [4.69, 9.17) is 10.5 Å². The predicted octanol–water partition coefficient (Wildman–Crippen LogP) is 5.32. The third kappa shape index (κ3) is 9.44. The molecule has 0 unspecified atom stereocenters. The van der Waals surface area contributed by atoms with Crippen LogP contribution in [0.4, 0.5) is 10.2 Å². The van der Waals surface area contributed by atoms with Gasteiger partial charge in [-0.1, -0.05) is 33.4 Å². The van der Waals surface area contributed by atoms with Crippen molar-refractivity contribution in [2.45, 2.75) is 53.4 Å². The molecule has 1 aromatic rings. The summed E-state index contributed by atoms with van der Waals surface area (Å²) in [6, 6.07) is 0. The molecule has 8 heteroatoms. The molecule has 3 N–H and O–H groups in total. The Labute approximate surface area is 221 Å². The van der Waals surface area contributed by atoms with E-state index in [1.807, 2.05) is 37.1 Å². The largest absolute Gasteiger partial charge is 0.378 e. The van der Waals surface area contributed by atoms with Gasteiger partial charge in [-0.05, 0) is 66.7 Å². The molecule has 2 aliphatic rings. The lowest BCUT2D eigenvalue weighted by Gasteiger charge is -2.26. The summed E-state index contributed by atoms with van der Waals surface area (Å²) < 4.78 is 18.7. The van der Waals surface area contributed by atoms with E-state index in [0.717, 1.165) is 73.0 Å². The fourth-order valence-electron chi connectivity index (χ4n) is 4.27. The van der Waals surface area contributed by atoms with Gasteiger partial charge < -0.3 is 25.3 Å². The highest BCUT2D eigenvalue weighted by atomic mass is 19.1. The van der Waals surface area contributed by atoms with Gasteiger partial charge in [0.15, 0.2) is 0 Å². The number of hydrogen-bond donors (Lipinski definition) is 2. The molecule has 37 heavy (non-hydrogen) atoms. The van der Waals surface area contributed by atoms with Crippen LogP contribution in [-0.4, -0.2) is 66.7 Å². The molecule has 1 fully saturated rings. The molecular formula is C29H44FN5O2. The SMILES string of the molecule is C=C(C1=C(C)C=C(F)C=CC1)/C(=C\c1ncc(N(CCC)CCC)[nH]1)CN.CCC(=O)N1CCOCC1. The first-order chi connectivity index (χ1) is 17.8. The number of allylic oxidation sites excluding steroid dienone is 6. The van der Waals surface area contributed by atoms with Crippen LogP contribution in [0.15, 0.2) is 59.1 Å². The van der Waals surface area contributed by atoms with Gasteiger partial charge in [0.2, 0.25) is 5.91 Å². The van der Waals surface area contributed by atoms with Gasteiger partial charge in [-0.2, -0.15) is 0 Å². The van der Waals surface area contributed by atoms with Gasteiger partial charge in [0.05, 0.1) is 19.4 Å². The number of imidazole rings is 1. The number of aromatic amines is 1. The van der Waals surface area contributed by atoms with Gasteiger partial charge in [-0.15, -0.1) is 0 Å². The fraction of sp³-hybridized carbons (Fsp3) is 0.517. The lowest BCUT2D eigenvalue weighted by atomic mass is 9.93. The number of carbonyl (C=O) groups is 1. The fourth-order valence-corrected chi connectivity index (χ4v) is 4.27. The molecule has 0 saturated carbocycles. The number of hydrogen-bond acceptors (Lipinski definition) is 5. The summed E-state index contributed by atoms with van der Waals surface area (Å²) in [6.45, 7) is 17.6. The van der Waals surface area contributed by atoms with Gasteiger partial charge in [0, 0.05) is 39.1 Å². The zero-order chi connectivity index (χ0) is 27.2. The highest BCUT2D eigenvalue weighted by molar-refractivity contribution is 5.75. The Hall–Kier alpha value is -2.97. The Morgan fingerprint density at radius 2 is 1.95 bits per heavy atom. The predicted molar refractivity (Wildman–Crippen MR) is 151 cm³/mol. The van der Waals surface area contributed by atoms with Crippen molar-refractivity contribution < 1.29 is 13.9 Å². The Morgan fingerprint density at radius 3 is 2.54 bits per heavy atom. The van der Waals surface area contributed by atoms with Crippen molar-refractivity contribution in [2.24, 2.45) is 5.73 Å². The van der Waals surface area contributed by atoms with Crippen LogP contribution in [0.1, 0.15) is 59.2 Å². The number of halogens is 1. The van der Waals surface area contributed by atoms with Gasteiger partial charge in [0.25, 0.3) is 0 Å². The minimum atomic E-state index is -0.240. The van der Waals surface area contributed by atoms with E-state index in [1.165, 1.54) is 12.2 Å². The zero-order valence-corrected chi connectivity index (χ0v) is 23.0. The number of carbonyl (C=O) groups excluding carboxylic acids is 1. The Kier molecular flexibility index (Phi) is 13.1. The number of H-pyrrole nitrogens is 1. The number of aromatic nitrogens is 2. The highest BCUT2D eigenvalue weighted by Crippen LogP contribution is 2.28. The zero-order valence-electron chi connectivity index (χ0n) is 23.0. The third-order valence-corrected chi connectivity index (χ3v) is 6.29. The van der Waals surface area contributed by atoms with Crippen LogP contribution in [0.3, 0.4) is 0 Å². The number of nitrogens with two attached hydrogens (primary N) is 1. The Morgan fingerprint density at radius 1 is 1.27 bits per heavy atom. The molecule has 0 bridgehead atoms. The molecule has 0 aromatic carbocycles. The van der Waals surface area contributed by atoms with Crippen LogP contribution < -0.4 is 10.6 Å². The molecule has 1 aliphatic carbocycles. The van der Waals surface area contributed by atoms with Gasteiger partial charge in [-0.25, -0.2) is 9.37 Å². The summed E-state index contributed by atoms with van der Waals surface area (Å²) >= 11 is 0. The van der Waals surface area contributed by atoms with Crippen molar-refractivity contribution in [3.63, 3.8) is 0 Å². The van der Waals surface area contributed by atoms with Crippen molar-refractivity contribution in [1.29, 1.82) is 0 Å². The maximum Gasteiger partial charge on any atom is 0.222 e. The highest BCUT2D eigenvalue weighted by Gasteiger charge is 2.15. The molecule has 7 nitrogen and oxygen atoms in total. The quantitative estimate of drug-likeness (QED) is 0.414. The second-order valence-electron chi connectivity index (χ2n) is 9.14. The number of ether oxygens (including phenoxy) is 1. The van der Waals surface area contributed by atoms with Crippen LogP contribution in [0.2, 0.25) is 0 Å². The Bertz CT molecular complexity index is 1010. The van der Waals surface area contributed by atoms with Gasteiger partial charge in [-0.3, -0.25) is 4.79 Å². The average molecular weight is 514 g/mol. The van der Waals surface area contributed by atoms with E-state index in [1.54, 1.807) is 0 Å². The normalized spacial score (nSPS) is 16.1. The van der Waals surface area contributed by atoms with Crippen molar-refractivity contribution >= 4 is 17.8 Å². The second kappa shape index (κ2) is 16.0. The van der Waals surface area contributed by atoms with Crippen molar-refractivity contribution in [3.8, 4) is 0 Å². The van der Waals surface area contributed by atoms with Crippen LogP contribution in [0, 0.1) is 0 Å². The van der Waals surface area contributed by atoms with Crippen molar-refractivity contribution in [3.05, 3.63) is 64.9 Å². The van der Waals surface area contributed by atoms with Gasteiger partial charge >= 0.3 is 0 Å². The van der Waals surface area contributed by atoms with Crippen LogP contribution in [-0.2, 0) is 9.53 Å². The van der Waals surface area contributed by atoms with E-state index in [-0.39, 0.29) is 11.7 Å². The summed E-state index contributed by atoms with van der Waals surface area (Å²) in [5, 5.41) is 0. The summed E-state index contributed by atoms with van der Waals surface area (Å²) in [5.74, 6) is 1.78. The first-order valence-corrected chi connectivity index (χ1v) is 13.3. The maximum absolute atomic E-state index is 13.6. The third-order valence-electron chi connectivity index (χ3n) is 6.29. The van der Waals surface area contributed by atoms with E-state index in [2.05, 4.69) is 35.3 Å². The Balaban J connectivity index is 0.000000402. The molecular weight excluding hydrogens is 469 g/mol. The van der Waals surface area contributed by atoms with Crippen LogP contribution >= 0.6 is 0 Å². The average Bonchev–Trinajstić information content (AvgIpc) is 3.30. The molecule has 3 rings (SSSR count). The summed E-state index contributed by atoms with van der Waals surface area (Å²) in [5.41, 5.74) is 9.60. The summed E-state index contributed by atoms with van der Waals surface area (Å²) in [4.78, 5) is 23.1. The standard InChI is InChI=1S/C22H31FN4.C7H13NO2/c1-5-10-27(11-6-2)22-15-25-21(26-22)13-18(14-24)17(4)20-9-7-8-19(23)12-16(20)3;1-2-7(9)8-3-5-10-6-4-8/h7-8,12-13,15H,4-6,9-11,14,24H2,1-3H3,(H,25,26);2-6H2,1H3/b18-13-;. The molecule has 0 atom stereocenters. The van der Waals surface area contributed by atoms with E-state index in [9.17, 15) is 9.18 Å². The lowest BCUT2D eigenvalue weighted by molar-refractivity contribution is -0.134. The van der Waals surface area contributed by atoms with Crippen molar-refractivity contribution in [2.75, 3.05) is 50.8 Å². The molecule has 0 spiro atoms. The number of amides is 1. The van der Waals surface area contributed by atoms with Gasteiger partial charge in [0.1, 0.15) is 17.5 Å². The molecule has 204 valence electrons. The molecule has 0 radical (unpaired) electrons. The minimum Gasteiger partial charge on any atom is -0.378 e. The second-order valence-corrected chi connectivity index (χ2v) is 9.14. The summed E-state index contributed by atoms with van der Waals surface area (Å²) in [6.07, 6.45) is 12.1. The first kappa shape index (κ1) is 30.3. The molecule has 1 saturated heterocycles. The first-order valence-electron chi connectivity index (χ1n) is 13.3. The topological polar surface area (TPSA) is 87.5 Å². The smallest absolute Gasteiger partial charge is 0.222 e. The number of anilines is 1. The number of nitrogens with zero attached hydrogens (tertiary/aromatic N) is 3. The molecule has 1 aromatic heterocycles. The molecule has 1 aliphatic heterocycles. The lowest BCUT2D eigenvalue weighted by Crippen LogP contribution is -2.40. The van der Waals surface area contributed by atoms with E-state index >= 15 is 0 Å². The van der Waals surface area contributed by atoms with Crippen molar-refractivity contribution in [1.82, 2.24) is 14.9 Å². The van der Waals surface area contributed by atoms with E-state index < -0.39 is 0 Å². The molecule has 2 heterocycles. The number of rotatable bonds is 10. The van der Waals surface area contributed by atoms with Crippen LogP contribution in [0.25, 0.3) is 6.08 Å². The van der Waals surface area contributed by atoms with E-state index in [0.29, 0.717) is 32.6 Å². The maximum atomic E-state index is 13.6. The number of morpholine rings is 1. The minimum absolute atomic E-state index is 0.239.